The van der Waals surface area contributed by atoms with Crippen LogP contribution < -0.4 is 0 Å². The molecule has 0 aromatic rings. The van der Waals surface area contributed by atoms with Gasteiger partial charge in [-0.2, -0.15) is 0 Å². The van der Waals surface area contributed by atoms with Crippen LogP contribution in [0.5, 0.6) is 0 Å². The van der Waals surface area contributed by atoms with E-state index in [2.05, 4.69) is 74.0 Å². The second-order valence-electron chi connectivity index (χ2n) is 7.31. The van der Waals surface area contributed by atoms with Crippen molar-refractivity contribution in [2.24, 2.45) is 5.92 Å². The first-order valence-electron chi connectivity index (χ1n) is 8.51. The first-order valence-corrected chi connectivity index (χ1v) is 10.6. The molecule has 0 spiro atoms. The van der Waals surface area contributed by atoms with Crippen molar-refractivity contribution in [2.45, 2.75) is 91.3 Å². The molecular formula is C19H36OSi. The predicted molar refractivity (Wildman–Crippen MR) is 97.7 cm³/mol. The molecule has 1 nitrogen and oxygen atoms in total. The fourth-order valence-corrected chi connectivity index (χ4v) is 8.49. The molecule has 0 saturated carbocycles. The van der Waals surface area contributed by atoms with Crippen molar-refractivity contribution >= 4 is 8.32 Å². The van der Waals surface area contributed by atoms with Gasteiger partial charge >= 0.3 is 0 Å². The van der Waals surface area contributed by atoms with Crippen LogP contribution in [0.2, 0.25) is 16.6 Å². The molecule has 0 aliphatic carbocycles. The van der Waals surface area contributed by atoms with E-state index in [1.165, 1.54) is 5.57 Å². The van der Waals surface area contributed by atoms with Crippen molar-refractivity contribution in [1.82, 2.24) is 0 Å². The molecule has 0 aromatic carbocycles. The van der Waals surface area contributed by atoms with Gasteiger partial charge in [0.05, 0.1) is 6.11 Å². The van der Waals surface area contributed by atoms with Crippen LogP contribution in [0, 0.1) is 17.9 Å². The van der Waals surface area contributed by atoms with Gasteiger partial charge in [-0.05, 0) is 36.4 Å². The summed E-state index contributed by atoms with van der Waals surface area (Å²) in [6, 6.07) is 0. The maximum atomic E-state index is 6.32. The van der Waals surface area contributed by atoms with E-state index in [1.807, 2.05) is 0 Å². The van der Waals surface area contributed by atoms with Crippen molar-refractivity contribution in [3.05, 3.63) is 12.2 Å². The van der Waals surface area contributed by atoms with E-state index in [-0.39, 0.29) is 0 Å². The molecule has 0 amide bonds. The molecule has 0 N–H and O–H groups in total. The van der Waals surface area contributed by atoms with Gasteiger partial charge in [-0.3, -0.25) is 0 Å². The van der Waals surface area contributed by atoms with Crippen molar-refractivity contribution in [3.8, 4) is 12.0 Å². The molecule has 0 saturated heterocycles. The molecule has 0 rings (SSSR count). The molecule has 0 aliphatic rings. The molecule has 2 heteroatoms. The third kappa shape index (κ3) is 5.91. The summed E-state index contributed by atoms with van der Waals surface area (Å²) in [6.07, 6.45) is 6.41. The number of hydrogen-bond acceptors (Lipinski definition) is 1. The lowest BCUT2D eigenvalue weighted by atomic mass is 9.97. The van der Waals surface area contributed by atoms with E-state index >= 15 is 0 Å². The fourth-order valence-electron chi connectivity index (χ4n) is 3.55. The van der Waals surface area contributed by atoms with Gasteiger partial charge in [-0.25, -0.2) is 0 Å². The van der Waals surface area contributed by atoms with E-state index in [9.17, 15) is 0 Å². The Labute approximate surface area is 134 Å². The summed E-state index contributed by atoms with van der Waals surface area (Å²) in [7, 11) is -1.85. The quantitative estimate of drug-likeness (QED) is 0.282. The van der Waals surface area contributed by atoms with Gasteiger partial charge in [0.25, 0.3) is 8.32 Å². The first kappa shape index (κ1) is 20.3. The van der Waals surface area contributed by atoms with Crippen LogP contribution in [0.25, 0.3) is 0 Å². The molecule has 1 atom stereocenters. The summed E-state index contributed by atoms with van der Waals surface area (Å²) in [6.45, 7) is 22.1. The number of allylic oxidation sites excluding steroid dienone is 1. The summed E-state index contributed by atoms with van der Waals surface area (Å²) < 4.78 is 6.32. The second-order valence-corrected chi connectivity index (χ2v) is 12.7. The number of rotatable bonds is 8. The zero-order valence-electron chi connectivity index (χ0n) is 15.5. The van der Waals surface area contributed by atoms with Crippen LogP contribution in [0.1, 0.15) is 74.7 Å². The minimum Gasteiger partial charge on any atom is -0.500 e. The number of hydrogen-bond donors (Lipinski definition) is 0. The highest BCUT2D eigenvalue weighted by atomic mass is 28.4. The maximum Gasteiger partial charge on any atom is 0.272 e. The molecular weight excluding hydrogens is 272 g/mol. The molecule has 1 unspecified atom stereocenters. The van der Waals surface area contributed by atoms with Gasteiger partial charge < -0.3 is 4.43 Å². The summed E-state index contributed by atoms with van der Waals surface area (Å²) in [5.41, 5.74) is 2.95. The van der Waals surface area contributed by atoms with Crippen LogP contribution in [0.4, 0.5) is 0 Å². The smallest absolute Gasteiger partial charge is 0.272 e. The Kier molecular flexibility index (Phi) is 9.05. The van der Waals surface area contributed by atoms with Crippen molar-refractivity contribution in [1.29, 1.82) is 0 Å². The minimum absolute atomic E-state index is 0.394. The molecule has 21 heavy (non-hydrogen) atoms. The van der Waals surface area contributed by atoms with E-state index in [0.717, 1.165) is 19.3 Å². The minimum atomic E-state index is -1.85. The molecule has 0 bridgehead atoms. The SMILES string of the molecule is C=C(C)CC(C#CO[Si](C(C)C)(C(C)C)C(C)C)CCC. The Balaban J connectivity index is 5.13. The molecule has 122 valence electrons. The highest BCUT2D eigenvalue weighted by Crippen LogP contribution is 2.41. The van der Waals surface area contributed by atoms with Gasteiger partial charge in [-0.1, -0.05) is 66.4 Å². The molecule has 0 fully saturated rings. The zero-order chi connectivity index (χ0) is 16.6. The van der Waals surface area contributed by atoms with Crippen LogP contribution >= 0.6 is 0 Å². The van der Waals surface area contributed by atoms with E-state index in [1.54, 1.807) is 0 Å². The van der Waals surface area contributed by atoms with Crippen LogP contribution in [-0.4, -0.2) is 8.32 Å². The molecule has 0 aromatic heterocycles. The lowest BCUT2D eigenvalue weighted by Gasteiger charge is -2.39. The van der Waals surface area contributed by atoms with Gasteiger partial charge in [0.15, 0.2) is 0 Å². The first-order chi connectivity index (χ1) is 9.68. The summed E-state index contributed by atoms with van der Waals surface area (Å²) >= 11 is 0. The van der Waals surface area contributed by atoms with Gasteiger partial charge in [0.2, 0.25) is 0 Å². The highest BCUT2D eigenvalue weighted by molar-refractivity contribution is 6.77. The molecule has 0 radical (unpaired) electrons. The summed E-state index contributed by atoms with van der Waals surface area (Å²) in [4.78, 5) is 0. The van der Waals surface area contributed by atoms with Crippen molar-refractivity contribution < 1.29 is 4.43 Å². The Morgan fingerprint density at radius 1 is 1.05 bits per heavy atom. The Morgan fingerprint density at radius 3 is 1.86 bits per heavy atom. The third-order valence-electron chi connectivity index (χ3n) is 4.43. The highest BCUT2D eigenvalue weighted by Gasteiger charge is 2.46. The van der Waals surface area contributed by atoms with Crippen LogP contribution in [-0.2, 0) is 4.43 Å². The lowest BCUT2D eigenvalue weighted by Crippen LogP contribution is -2.46. The summed E-state index contributed by atoms with van der Waals surface area (Å²) in [5.74, 6) is 3.77. The lowest BCUT2D eigenvalue weighted by molar-refractivity contribution is 0.443. The largest absolute Gasteiger partial charge is 0.500 e. The van der Waals surface area contributed by atoms with Crippen LogP contribution in [0.3, 0.4) is 0 Å². The van der Waals surface area contributed by atoms with E-state index < -0.39 is 8.32 Å². The van der Waals surface area contributed by atoms with Gasteiger partial charge in [0, 0.05) is 5.92 Å². The average Bonchev–Trinajstić information content (AvgIpc) is 2.32. The topological polar surface area (TPSA) is 9.23 Å². The third-order valence-corrected chi connectivity index (χ3v) is 10.3. The van der Waals surface area contributed by atoms with Gasteiger partial charge in [0.1, 0.15) is 0 Å². The molecule has 0 aliphatic heterocycles. The predicted octanol–water partition coefficient (Wildman–Crippen LogP) is 6.52. The Morgan fingerprint density at radius 2 is 1.52 bits per heavy atom. The van der Waals surface area contributed by atoms with E-state index in [4.69, 9.17) is 4.43 Å². The normalized spacial score (nSPS) is 13.3. The monoisotopic (exact) mass is 308 g/mol. The fraction of sp³-hybridized carbons (Fsp3) is 0.789. The van der Waals surface area contributed by atoms with Gasteiger partial charge in [-0.15, -0.1) is 6.58 Å². The zero-order valence-corrected chi connectivity index (χ0v) is 16.5. The Bertz CT molecular complexity index is 349. The molecule has 0 heterocycles. The Hall–Kier alpha value is -0.683. The van der Waals surface area contributed by atoms with Crippen molar-refractivity contribution in [2.75, 3.05) is 0 Å². The standard InChI is InChI=1S/C19H36OSi/c1-10-11-19(14-15(2)3)12-13-20-21(16(4)5,17(6)7)18(8)9/h16-19H,2,10-11,14H2,1,3-9H3. The summed E-state index contributed by atoms with van der Waals surface area (Å²) in [5, 5.41) is 0. The average molecular weight is 309 g/mol. The van der Waals surface area contributed by atoms with E-state index in [0.29, 0.717) is 22.5 Å². The maximum absolute atomic E-state index is 6.32. The van der Waals surface area contributed by atoms with Crippen molar-refractivity contribution in [3.63, 3.8) is 0 Å². The van der Waals surface area contributed by atoms with Crippen LogP contribution in [0.15, 0.2) is 12.2 Å². The second kappa shape index (κ2) is 9.36.